The fourth-order valence-corrected chi connectivity index (χ4v) is 3.13. The van der Waals surface area contributed by atoms with Gasteiger partial charge in [-0.05, 0) is 38.4 Å². The van der Waals surface area contributed by atoms with E-state index in [2.05, 4.69) is 28.9 Å². The average Bonchev–Trinajstić information content (AvgIpc) is 2.97. The summed E-state index contributed by atoms with van der Waals surface area (Å²) in [7, 11) is 0. The number of hydrogen-bond acceptors (Lipinski definition) is 5. The molecule has 1 aromatic rings. The molecule has 2 N–H and O–H groups in total. The van der Waals surface area contributed by atoms with Gasteiger partial charge in [-0.25, -0.2) is 0 Å². The number of likely N-dealkylation sites (N-methyl/N-ethyl adjacent to an activating group) is 1. The van der Waals surface area contributed by atoms with Crippen molar-refractivity contribution in [1.82, 2.24) is 15.0 Å². The molecule has 5 heteroatoms. The Morgan fingerprint density at radius 3 is 2.70 bits per heavy atom. The van der Waals surface area contributed by atoms with Crippen LogP contribution in [0.3, 0.4) is 0 Å². The first kappa shape index (κ1) is 15.4. The molecule has 1 saturated carbocycles. The van der Waals surface area contributed by atoms with Gasteiger partial charge in [0.1, 0.15) is 0 Å². The van der Waals surface area contributed by atoms with Gasteiger partial charge in [0.15, 0.2) is 5.82 Å². The van der Waals surface area contributed by atoms with Gasteiger partial charge in [0, 0.05) is 18.9 Å². The second-order valence-corrected chi connectivity index (χ2v) is 5.71. The molecule has 1 aliphatic rings. The van der Waals surface area contributed by atoms with Crippen LogP contribution in [0, 0.1) is 5.92 Å². The van der Waals surface area contributed by atoms with E-state index in [9.17, 15) is 0 Å². The Bertz CT molecular complexity index is 389. The molecule has 0 aliphatic heterocycles. The minimum Gasteiger partial charge on any atom is -0.339 e. The molecular formula is C15H28N4O. The smallest absolute Gasteiger partial charge is 0.230 e. The lowest BCUT2D eigenvalue weighted by Crippen LogP contribution is -2.26. The van der Waals surface area contributed by atoms with Crippen molar-refractivity contribution in [1.29, 1.82) is 0 Å². The summed E-state index contributed by atoms with van der Waals surface area (Å²) in [5, 5.41) is 4.15. The molecule has 0 bridgehead atoms. The third-order valence-electron chi connectivity index (χ3n) is 4.56. The molecule has 2 unspecified atom stereocenters. The Hall–Kier alpha value is -0.940. The predicted octanol–water partition coefficient (Wildman–Crippen LogP) is 2.19. The highest BCUT2D eigenvalue weighted by Crippen LogP contribution is 2.36. The molecule has 1 heterocycles. The van der Waals surface area contributed by atoms with Gasteiger partial charge in [-0.1, -0.05) is 31.8 Å². The molecule has 0 saturated heterocycles. The molecule has 0 aromatic carbocycles. The Morgan fingerprint density at radius 2 is 2.00 bits per heavy atom. The number of hydrogen-bond donors (Lipinski definition) is 1. The van der Waals surface area contributed by atoms with Crippen molar-refractivity contribution < 1.29 is 4.52 Å². The van der Waals surface area contributed by atoms with Crippen molar-refractivity contribution in [2.24, 2.45) is 11.7 Å². The van der Waals surface area contributed by atoms with Gasteiger partial charge < -0.3 is 15.2 Å². The summed E-state index contributed by atoms with van der Waals surface area (Å²) in [5.41, 5.74) is 5.88. The molecule has 2 atom stereocenters. The average molecular weight is 280 g/mol. The fraction of sp³-hybridized carbons (Fsp3) is 0.867. The summed E-state index contributed by atoms with van der Waals surface area (Å²) in [5.74, 6) is 2.55. The number of aromatic nitrogens is 2. The maximum Gasteiger partial charge on any atom is 0.230 e. The van der Waals surface area contributed by atoms with Gasteiger partial charge >= 0.3 is 0 Å². The van der Waals surface area contributed by atoms with Crippen LogP contribution in [0.15, 0.2) is 4.52 Å². The maximum atomic E-state index is 5.88. The first-order valence-electron chi connectivity index (χ1n) is 8.03. The highest BCUT2D eigenvalue weighted by atomic mass is 16.5. The third-order valence-corrected chi connectivity index (χ3v) is 4.56. The summed E-state index contributed by atoms with van der Waals surface area (Å²) in [6.07, 6.45) is 5.72. The van der Waals surface area contributed by atoms with Crippen molar-refractivity contribution in [3.05, 3.63) is 11.7 Å². The van der Waals surface area contributed by atoms with E-state index in [0.29, 0.717) is 11.8 Å². The normalized spacial score (nSPS) is 23.4. The SMILES string of the molecule is CCN(CC)CCc1noc(C2CCCCC2CN)n1. The molecule has 1 aliphatic carbocycles. The van der Waals surface area contributed by atoms with Crippen LogP contribution in [-0.4, -0.2) is 41.2 Å². The van der Waals surface area contributed by atoms with Gasteiger partial charge in [0.2, 0.25) is 5.89 Å². The number of nitrogens with two attached hydrogens (primary N) is 1. The minimum absolute atomic E-state index is 0.378. The molecule has 0 radical (unpaired) electrons. The summed E-state index contributed by atoms with van der Waals surface area (Å²) >= 11 is 0. The van der Waals surface area contributed by atoms with E-state index in [4.69, 9.17) is 10.3 Å². The van der Waals surface area contributed by atoms with E-state index >= 15 is 0 Å². The first-order chi connectivity index (χ1) is 9.78. The Labute approximate surface area is 121 Å². The molecule has 0 amide bonds. The minimum atomic E-state index is 0.378. The molecule has 1 aromatic heterocycles. The van der Waals surface area contributed by atoms with Gasteiger partial charge in [0.25, 0.3) is 0 Å². The second kappa shape index (κ2) is 7.74. The molecule has 20 heavy (non-hydrogen) atoms. The summed E-state index contributed by atoms with van der Waals surface area (Å²) in [6, 6.07) is 0. The lowest BCUT2D eigenvalue weighted by molar-refractivity contribution is 0.248. The van der Waals surface area contributed by atoms with Crippen LogP contribution in [0.5, 0.6) is 0 Å². The van der Waals surface area contributed by atoms with Crippen molar-refractivity contribution in [2.45, 2.75) is 51.9 Å². The van der Waals surface area contributed by atoms with E-state index in [-0.39, 0.29) is 0 Å². The molecule has 2 rings (SSSR count). The standard InChI is InChI=1S/C15H28N4O/c1-3-19(4-2)10-9-14-17-15(20-18-14)13-8-6-5-7-12(13)11-16/h12-13H,3-11,16H2,1-2H3. The number of rotatable bonds is 7. The van der Waals surface area contributed by atoms with Gasteiger partial charge in [-0.15, -0.1) is 0 Å². The molecule has 5 nitrogen and oxygen atoms in total. The molecular weight excluding hydrogens is 252 g/mol. The summed E-state index contributed by atoms with van der Waals surface area (Å²) in [4.78, 5) is 6.99. The highest BCUT2D eigenvalue weighted by Gasteiger charge is 2.29. The third kappa shape index (κ3) is 3.79. The fourth-order valence-electron chi connectivity index (χ4n) is 3.13. The lowest BCUT2D eigenvalue weighted by Gasteiger charge is -2.27. The lowest BCUT2D eigenvalue weighted by atomic mass is 9.79. The molecule has 1 fully saturated rings. The van der Waals surface area contributed by atoms with Crippen LogP contribution in [0.25, 0.3) is 0 Å². The van der Waals surface area contributed by atoms with Gasteiger partial charge in [-0.2, -0.15) is 4.98 Å². The monoisotopic (exact) mass is 280 g/mol. The van der Waals surface area contributed by atoms with Gasteiger partial charge in [-0.3, -0.25) is 0 Å². The van der Waals surface area contributed by atoms with E-state index in [1.54, 1.807) is 0 Å². The quantitative estimate of drug-likeness (QED) is 0.829. The zero-order valence-electron chi connectivity index (χ0n) is 12.8. The Balaban J connectivity index is 1.94. The van der Waals surface area contributed by atoms with E-state index in [1.165, 1.54) is 19.3 Å². The predicted molar refractivity (Wildman–Crippen MR) is 79.5 cm³/mol. The highest BCUT2D eigenvalue weighted by molar-refractivity contribution is 4.99. The largest absolute Gasteiger partial charge is 0.339 e. The van der Waals surface area contributed by atoms with Crippen molar-refractivity contribution in [3.8, 4) is 0 Å². The van der Waals surface area contributed by atoms with E-state index in [0.717, 1.165) is 50.7 Å². The maximum absolute atomic E-state index is 5.88. The second-order valence-electron chi connectivity index (χ2n) is 5.71. The molecule has 114 valence electrons. The first-order valence-corrected chi connectivity index (χ1v) is 8.03. The zero-order chi connectivity index (χ0) is 14.4. The topological polar surface area (TPSA) is 68.2 Å². The van der Waals surface area contributed by atoms with Crippen LogP contribution in [0.1, 0.15) is 57.2 Å². The zero-order valence-corrected chi connectivity index (χ0v) is 12.8. The van der Waals surface area contributed by atoms with E-state index < -0.39 is 0 Å². The Morgan fingerprint density at radius 1 is 1.25 bits per heavy atom. The van der Waals surface area contributed by atoms with Crippen LogP contribution in [0.4, 0.5) is 0 Å². The van der Waals surface area contributed by atoms with Crippen molar-refractivity contribution in [2.75, 3.05) is 26.2 Å². The van der Waals surface area contributed by atoms with Crippen molar-refractivity contribution in [3.63, 3.8) is 0 Å². The number of nitrogens with zero attached hydrogens (tertiary/aromatic N) is 3. The van der Waals surface area contributed by atoms with Crippen LogP contribution < -0.4 is 5.73 Å². The summed E-state index contributed by atoms with van der Waals surface area (Å²) < 4.78 is 5.50. The molecule has 0 spiro atoms. The Kier molecular flexibility index (Phi) is 5.98. The van der Waals surface area contributed by atoms with Crippen LogP contribution in [-0.2, 0) is 6.42 Å². The van der Waals surface area contributed by atoms with Crippen molar-refractivity contribution >= 4 is 0 Å². The van der Waals surface area contributed by atoms with E-state index in [1.807, 2.05) is 0 Å². The van der Waals surface area contributed by atoms with Crippen LogP contribution in [0.2, 0.25) is 0 Å². The van der Waals surface area contributed by atoms with Gasteiger partial charge in [0.05, 0.1) is 0 Å². The van der Waals surface area contributed by atoms with Crippen LogP contribution >= 0.6 is 0 Å². The summed E-state index contributed by atoms with van der Waals surface area (Å²) in [6.45, 7) is 8.22.